The van der Waals surface area contributed by atoms with Crippen LogP contribution in [-0.4, -0.2) is 25.1 Å². The van der Waals surface area contributed by atoms with E-state index in [0.717, 1.165) is 11.1 Å². The summed E-state index contributed by atoms with van der Waals surface area (Å²) in [5, 5.41) is 1.21. The van der Waals surface area contributed by atoms with E-state index in [1.54, 1.807) is 19.2 Å². The monoisotopic (exact) mass is 293 g/mol. The molecule has 0 bridgehead atoms. The number of likely N-dealkylation sites (N-methyl/N-ethyl adjacent to an activating group) is 1. The summed E-state index contributed by atoms with van der Waals surface area (Å²) in [5.74, 6) is -0.185. The van der Waals surface area contributed by atoms with E-state index in [-0.39, 0.29) is 5.91 Å². The van der Waals surface area contributed by atoms with Crippen LogP contribution in [0.4, 0.5) is 0 Å². The first-order chi connectivity index (χ1) is 10.7. The predicted molar refractivity (Wildman–Crippen MR) is 89.7 cm³/mol. The average Bonchev–Trinajstić information content (AvgIpc) is 2.47. The Morgan fingerprint density at radius 3 is 2.18 bits per heavy atom. The quantitative estimate of drug-likeness (QED) is 0.744. The van der Waals surface area contributed by atoms with Crippen LogP contribution in [0.3, 0.4) is 0 Å². The Labute approximate surface area is 131 Å². The molecule has 0 spiro atoms. The summed E-state index contributed by atoms with van der Waals surface area (Å²) >= 11 is 0. The second kappa shape index (κ2) is 7.96. The summed E-state index contributed by atoms with van der Waals surface area (Å²) in [6, 6.07) is 0. The molecular weight excluding hydrogens is 274 g/mol. The van der Waals surface area contributed by atoms with Gasteiger partial charge in [-0.05, 0) is 23.3 Å². The van der Waals surface area contributed by atoms with Crippen LogP contribution < -0.4 is 0 Å². The highest BCUT2D eigenvalue weighted by molar-refractivity contribution is 5.96. The van der Waals surface area contributed by atoms with Gasteiger partial charge in [0.25, 0.3) is 5.91 Å². The summed E-state index contributed by atoms with van der Waals surface area (Å²) in [7, 11) is 3.06. The average molecular weight is 293 g/mol. The number of hydrogen-bond acceptors (Lipinski definition) is 2. The van der Waals surface area contributed by atoms with Crippen molar-refractivity contribution in [2.75, 3.05) is 14.2 Å². The smallest absolute Gasteiger partial charge is 0.274 e. The Hall–Kier alpha value is -2.65. The number of carbonyl (C=O) groups excluding carboxylic acids is 1. The summed E-state index contributed by atoms with van der Waals surface area (Å²) in [4.78, 5) is 17.1. The first-order valence-corrected chi connectivity index (χ1v) is 7.03. The van der Waals surface area contributed by atoms with Gasteiger partial charge in [-0.15, -0.1) is 0 Å². The number of hydrogen-bond donors (Lipinski definition) is 0. The van der Waals surface area contributed by atoms with Gasteiger partial charge >= 0.3 is 0 Å². The van der Waals surface area contributed by atoms with Crippen molar-refractivity contribution >= 4 is 5.91 Å². The molecule has 0 atom stereocenters. The highest BCUT2D eigenvalue weighted by Crippen LogP contribution is 2.18. The van der Waals surface area contributed by atoms with Crippen LogP contribution in [0, 0.1) is 0 Å². The molecule has 3 heteroatoms. The third kappa shape index (κ3) is 4.17. The van der Waals surface area contributed by atoms with Gasteiger partial charge in [-0.25, -0.2) is 5.06 Å². The fraction of sp³-hybridized carbons (Fsp3) is 0.105. The molecule has 2 rings (SSSR count). The molecular formula is C19H19NO2. The van der Waals surface area contributed by atoms with E-state index >= 15 is 0 Å². The van der Waals surface area contributed by atoms with Gasteiger partial charge in [0, 0.05) is 12.6 Å². The molecule has 0 heterocycles. The largest absolute Gasteiger partial charge is 0.277 e. The number of allylic oxidation sites excluding steroid dienone is 14. The summed E-state index contributed by atoms with van der Waals surface area (Å²) < 4.78 is 0. The van der Waals surface area contributed by atoms with Crippen molar-refractivity contribution in [1.29, 1.82) is 0 Å². The number of rotatable bonds is 3. The van der Waals surface area contributed by atoms with E-state index in [1.165, 1.54) is 12.2 Å². The molecule has 3 nitrogen and oxygen atoms in total. The molecule has 0 fully saturated rings. The standard InChI is InChI=1S/C19H19NO2/c1-20(22-2)19(21)18-13-9-8-12-17(14-15-18)16-10-6-4-3-5-7-11-16/h3-15H,1-2H3/b4-3-,5-3?,6-4?,7-5-,9-8-,10-6-,11-7?,12-8?,13-9?,15-14-,16-10?,16-11+,17-12+,17-14?,18-13+,18-15?. The topological polar surface area (TPSA) is 29.5 Å². The van der Waals surface area contributed by atoms with Crippen molar-refractivity contribution in [3.63, 3.8) is 0 Å². The Balaban J connectivity index is 2.25. The SMILES string of the molecule is CON(C)C(=O)C1=C\C=C/C=C(C2=C/C=C\C=C/C=C\2)\C=C/1. The third-order valence-corrected chi connectivity index (χ3v) is 3.24. The van der Waals surface area contributed by atoms with Crippen LogP contribution in [0.5, 0.6) is 0 Å². The first kappa shape index (κ1) is 15.7. The van der Waals surface area contributed by atoms with Crippen molar-refractivity contribution in [1.82, 2.24) is 5.06 Å². The number of hydroxylamine groups is 2. The summed E-state index contributed by atoms with van der Waals surface area (Å²) in [5.41, 5.74) is 2.68. The van der Waals surface area contributed by atoms with Crippen LogP contribution in [0.2, 0.25) is 0 Å². The molecule has 0 aromatic carbocycles. The highest BCUT2D eigenvalue weighted by atomic mass is 16.7. The molecule has 0 saturated heterocycles. The molecule has 22 heavy (non-hydrogen) atoms. The predicted octanol–water partition coefficient (Wildman–Crippen LogP) is 3.59. The van der Waals surface area contributed by atoms with E-state index < -0.39 is 0 Å². The molecule has 2 aliphatic rings. The van der Waals surface area contributed by atoms with Crippen molar-refractivity contribution in [3.05, 3.63) is 95.7 Å². The van der Waals surface area contributed by atoms with Crippen molar-refractivity contribution < 1.29 is 9.63 Å². The zero-order valence-electron chi connectivity index (χ0n) is 12.8. The van der Waals surface area contributed by atoms with Crippen molar-refractivity contribution in [2.24, 2.45) is 0 Å². The van der Waals surface area contributed by atoms with Crippen LogP contribution in [0.25, 0.3) is 0 Å². The minimum atomic E-state index is -0.185. The van der Waals surface area contributed by atoms with Gasteiger partial charge in [0.1, 0.15) is 0 Å². The molecule has 1 amide bonds. The van der Waals surface area contributed by atoms with Gasteiger partial charge in [0.15, 0.2) is 0 Å². The minimum absolute atomic E-state index is 0.185. The van der Waals surface area contributed by atoms with Crippen LogP contribution in [-0.2, 0) is 9.63 Å². The van der Waals surface area contributed by atoms with E-state index in [0.29, 0.717) is 5.57 Å². The van der Waals surface area contributed by atoms with E-state index in [4.69, 9.17) is 4.84 Å². The fourth-order valence-corrected chi connectivity index (χ4v) is 1.97. The molecule has 112 valence electrons. The van der Waals surface area contributed by atoms with Crippen LogP contribution in [0.15, 0.2) is 95.7 Å². The zero-order valence-corrected chi connectivity index (χ0v) is 12.8. The second-order valence-corrected chi connectivity index (χ2v) is 4.70. The van der Waals surface area contributed by atoms with Gasteiger partial charge in [-0.3, -0.25) is 9.63 Å². The number of amides is 1. The molecule has 2 aliphatic carbocycles. The molecule has 0 saturated carbocycles. The Bertz CT molecular complexity index is 668. The lowest BCUT2D eigenvalue weighted by Gasteiger charge is -2.14. The van der Waals surface area contributed by atoms with E-state index in [2.05, 4.69) is 0 Å². The maximum absolute atomic E-state index is 12.2. The normalized spacial score (nSPS) is 31.3. The van der Waals surface area contributed by atoms with Gasteiger partial charge in [-0.2, -0.15) is 0 Å². The lowest BCUT2D eigenvalue weighted by atomic mass is 10.00. The van der Waals surface area contributed by atoms with Gasteiger partial charge in [-0.1, -0.05) is 66.8 Å². The van der Waals surface area contributed by atoms with Crippen LogP contribution in [0.1, 0.15) is 0 Å². The van der Waals surface area contributed by atoms with Gasteiger partial charge in [0.2, 0.25) is 0 Å². The molecule has 0 aliphatic heterocycles. The van der Waals surface area contributed by atoms with Gasteiger partial charge < -0.3 is 0 Å². The third-order valence-electron chi connectivity index (χ3n) is 3.24. The Morgan fingerprint density at radius 2 is 1.41 bits per heavy atom. The van der Waals surface area contributed by atoms with Crippen molar-refractivity contribution in [3.8, 4) is 0 Å². The van der Waals surface area contributed by atoms with Crippen molar-refractivity contribution in [2.45, 2.75) is 0 Å². The molecule has 0 aromatic heterocycles. The highest BCUT2D eigenvalue weighted by Gasteiger charge is 2.12. The molecule has 0 aromatic rings. The first-order valence-electron chi connectivity index (χ1n) is 7.03. The number of carbonyl (C=O) groups is 1. The maximum Gasteiger partial charge on any atom is 0.277 e. The van der Waals surface area contributed by atoms with Gasteiger partial charge in [0.05, 0.1) is 7.11 Å². The summed E-state index contributed by atoms with van der Waals surface area (Å²) in [6.07, 6.45) is 25.3. The van der Waals surface area contributed by atoms with Crippen LogP contribution >= 0.6 is 0 Å². The number of nitrogens with zero attached hydrogens (tertiary/aromatic N) is 1. The Morgan fingerprint density at radius 1 is 0.818 bits per heavy atom. The maximum atomic E-state index is 12.2. The minimum Gasteiger partial charge on any atom is -0.274 e. The van der Waals surface area contributed by atoms with E-state index in [1.807, 2.05) is 66.8 Å². The lowest BCUT2D eigenvalue weighted by Crippen LogP contribution is -2.26. The lowest BCUT2D eigenvalue weighted by molar-refractivity contribution is -0.163. The zero-order chi connectivity index (χ0) is 15.8. The molecule has 0 unspecified atom stereocenters. The molecule has 0 N–H and O–H groups in total. The second-order valence-electron chi connectivity index (χ2n) is 4.70. The fourth-order valence-electron chi connectivity index (χ4n) is 1.97. The Kier molecular flexibility index (Phi) is 5.69. The molecule has 0 radical (unpaired) electrons. The van der Waals surface area contributed by atoms with E-state index in [9.17, 15) is 4.79 Å². The summed E-state index contributed by atoms with van der Waals surface area (Å²) in [6.45, 7) is 0.